The van der Waals surface area contributed by atoms with E-state index in [2.05, 4.69) is 0 Å². The highest BCUT2D eigenvalue weighted by atomic mass is 16.5. The van der Waals surface area contributed by atoms with Gasteiger partial charge in [-0.05, 0) is 83.9 Å². The molecule has 0 radical (unpaired) electrons. The van der Waals surface area contributed by atoms with Crippen molar-refractivity contribution < 1.29 is 28.5 Å². The van der Waals surface area contributed by atoms with E-state index in [-0.39, 0.29) is 11.9 Å². The molecule has 4 rings (SSSR count). The van der Waals surface area contributed by atoms with Crippen LogP contribution in [0.2, 0.25) is 0 Å². The largest absolute Gasteiger partial charge is 0.490 e. The standard InChI is InChI=1S/C28H26O6/c1-3-31-27(29)23-7-5-21-17-25(11-9-19(21)15-23)33-13-14-34-26-12-10-20-16-24(28(30)32-4-2)8-6-22(20)18-26/h5-12,15-18H,3-4,13-14H2,1-2H3. The summed E-state index contributed by atoms with van der Waals surface area (Å²) in [5.74, 6) is 0.806. The molecule has 34 heavy (non-hydrogen) atoms. The molecule has 0 aliphatic carbocycles. The topological polar surface area (TPSA) is 71.1 Å². The zero-order valence-electron chi connectivity index (χ0n) is 19.2. The van der Waals surface area contributed by atoms with E-state index in [0.29, 0.717) is 37.6 Å². The Balaban J connectivity index is 1.33. The fraction of sp³-hybridized carbons (Fsp3) is 0.214. The second-order valence-corrected chi connectivity index (χ2v) is 7.59. The Morgan fingerprint density at radius 1 is 0.559 bits per heavy atom. The fourth-order valence-electron chi connectivity index (χ4n) is 3.63. The third-order valence-electron chi connectivity index (χ3n) is 5.27. The number of fused-ring (bicyclic) bond motifs is 2. The number of carbonyl (C=O) groups excluding carboxylic acids is 2. The number of ether oxygens (including phenoxy) is 4. The summed E-state index contributed by atoms with van der Waals surface area (Å²) in [5.41, 5.74) is 1.06. The van der Waals surface area contributed by atoms with Gasteiger partial charge in [0, 0.05) is 0 Å². The first kappa shape index (κ1) is 23.1. The molecule has 0 aromatic heterocycles. The zero-order valence-corrected chi connectivity index (χ0v) is 19.2. The Bertz CT molecular complexity index is 1220. The van der Waals surface area contributed by atoms with Gasteiger partial charge in [-0.25, -0.2) is 9.59 Å². The summed E-state index contributed by atoms with van der Waals surface area (Å²) in [6, 6.07) is 22.3. The Kier molecular flexibility index (Phi) is 7.28. The minimum atomic E-state index is -0.324. The van der Waals surface area contributed by atoms with Gasteiger partial charge in [0.15, 0.2) is 0 Å². The lowest BCUT2D eigenvalue weighted by Gasteiger charge is -2.10. The summed E-state index contributed by atoms with van der Waals surface area (Å²) in [6.07, 6.45) is 0. The molecule has 0 saturated heterocycles. The third kappa shape index (κ3) is 5.46. The van der Waals surface area contributed by atoms with Crippen LogP contribution in [0.1, 0.15) is 34.6 Å². The molecule has 4 aromatic rings. The second-order valence-electron chi connectivity index (χ2n) is 7.59. The van der Waals surface area contributed by atoms with Crippen molar-refractivity contribution in [3.63, 3.8) is 0 Å². The van der Waals surface area contributed by atoms with Gasteiger partial charge in [0.2, 0.25) is 0 Å². The van der Waals surface area contributed by atoms with Gasteiger partial charge in [-0.2, -0.15) is 0 Å². The molecule has 0 N–H and O–H groups in total. The number of hydrogen-bond acceptors (Lipinski definition) is 6. The smallest absolute Gasteiger partial charge is 0.338 e. The highest BCUT2D eigenvalue weighted by molar-refractivity contribution is 5.96. The lowest BCUT2D eigenvalue weighted by Crippen LogP contribution is -2.09. The number of benzene rings is 4. The van der Waals surface area contributed by atoms with E-state index in [1.54, 1.807) is 26.0 Å². The predicted molar refractivity (Wildman–Crippen MR) is 131 cm³/mol. The molecule has 0 saturated carbocycles. The summed E-state index contributed by atoms with van der Waals surface area (Å²) in [7, 11) is 0. The second kappa shape index (κ2) is 10.7. The molecular formula is C28H26O6. The van der Waals surface area contributed by atoms with E-state index in [9.17, 15) is 9.59 Å². The monoisotopic (exact) mass is 458 g/mol. The van der Waals surface area contributed by atoms with Crippen LogP contribution in [0, 0.1) is 0 Å². The minimum Gasteiger partial charge on any atom is -0.490 e. The molecule has 0 amide bonds. The van der Waals surface area contributed by atoms with Gasteiger partial charge in [0.25, 0.3) is 0 Å². The molecule has 0 fully saturated rings. The molecular weight excluding hydrogens is 432 g/mol. The molecule has 0 spiro atoms. The predicted octanol–water partition coefficient (Wildman–Crippen LogP) is 5.80. The van der Waals surface area contributed by atoms with Crippen LogP contribution >= 0.6 is 0 Å². The lowest BCUT2D eigenvalue weighted by molar-refractivity contribution is 0.0517. The molecule has 4 aromatic carbocycles. The Hall–Kier alpha value is -4.06. The van der Waals surface area contributed by atoms with Crippen LogP contribution < -0.4 is 9.47 Å². The summed E-state index contributed by atoms with van der Waals surface area (Å²) in [6.45, 7) is 5.03. The molecule has 6 heteroatoms. The van der Waals surface area contributed by atoms with Crippen molar-refractivity contribution in [1.29, 1.82) is 0 Å². The van der Waals surface area contributed by atoms with E-state index in [4.69, 9.17) is 18.9 Å². The van der Waals surface area contributed by atoms with Crippen LogP contribution in [0.5, 0.6) is 11.5 Å². The average molecular weight is 459 g/mol. The van der Waals surface area contributed by atoms with Gasteiger partial charge in [-0.3, -0.25) is 0 Å². The van der Waals surface area contributed by atoms with Crippen LogP contribution in [0.15, 0.2) is 72.8 Å². The van der Waals surface area contributed by atoms with Crippen molar-refractivity contribution in [3.05, 3.63) is 83.9 Å². The van der Waals surface area contributed by atoms with Gasteiger partial charge < -0.3 is 18.9 Å². The maximum absolute atomic E-state index is 11.9. The highest BCUT2D eigenvalue weighted by Crippen LogP contribution is 2.24. The molecule has 6 nitrogen and oxygen atoms in total. The van der Waals surface area contributed by atoms with Crippen LogP contribution in [0.4, 0.5) is 0 Å². The van der Waals surface area contributed by atoms with Crippen molar-refractivity contribution in [2.75, 3.05) is 26.4 Å². The molecule has 0 bridgehead atoms. The highest BCUT2D eigenvalue weighted by Gasteiger charge is 2.09. The van der Waals surface area contributed by atoms with Gasteiger partial charge in [-0.1, -0.05) is 24.3 Å². The van der Waals surface area contributed by atoms with E-state index in [1.165, 1.54) is 0 Å². The Morgan fingerprint density at radius 3 is 1.35 bits per heavy atom. The molecule has 0 aliphatic heterocycles. The summed E-state index contributed by atoms with van der Waals surface area (Å²) < 4.78 is 21.8. The molecule has 174 valence electrons. The fourth-order valence-corrected chi connectivity index (χ4v) is 3.63. The third-order valence-corrected chi connectivity index (χ3v) is 5.27. The minimum absolute atomic E-state index is 0.324. The quantitative estimate of drug-likeness (QED) is 0.233. The van der Waals surface area contributed by atoms with Gasteiger partial charge in [0.05, 0.1) is 24.3 Å². The van der Waals surface area contributed by atoms with Crippen molar-refractivity contribution >= 4 is 33.5 Å². The SMILES string of the molecule is CCOC(=O)c1ccc2cc(OCCOc3ccc4cc(C(=O)OCC)ccc4c3)ccc2c1. The summed E-state index contributed by atoms with van der Waals surface area (Å²) >= 11 is 0. The van der Waals surface area contributed by atoms with E-state index in [1.807, 2.05) is 60.7 Å². The normalized spacial score (nSPS) is 10.8. The number of carbonyl (C=O) groups is 2. The maximum atomic E-state index is 11.9. The number of hydrogen-bond donors (Lipinski definition) is 0. The summed E-state index contributed by atoms with van der Waals surface area (Å²) in [4.78, 5) is 23.8. The molecule has 0 unspecified atom stereocenters. The first-order valence-corrected chi connectivity index (χ1v) is 11.2. The van der Waals surface area contributed by atoms with E-state index >= 15 is 0 Å². The van der Waals surface area contributed by atoms with Crippen LogP contribution in [-0.2, 0) is 9.47 Å². The maximum Gasteiger partial charge on any atom is 0.338 e. The van der Waals surface area contributed by atoms with Crippen molar-refractivity contribution in [1.82, 2.24) is 0 Å². The molecule has 0 atom stereocenters. The summed E-state index contributed by atoms with van der Waals surface area (Å²) in [5, 5.41) is 3.83. The molecule has 0 aliphatic rings. The Labute approximate surface area is 198 Å². The average Bonchev–Trinajstić information content (AvgIpc) is 2.86. The first-order chi connectivity index (χ1) is 16.6. The van der Waals surface area contributed by atoms with Gasteiger partial charge in [0.1, 0.15) is 24.7 Å². The van der Waals surface area contributed by atoms with Crippen molar-refractivity contribution in [2.45, 2.75) is 13.8 Å². The Morgan fingerprint density at radius 2 is 0.941 bits per heavy atom. The van der Waals surface area contributed by atoms with Crippen LogP contribution in [-0.4, -0.2) is 38.4 Å². The van der Waals surface area contributed by atoms with Crippen molar-refractivity contribution in [2.24, 2.45) is 0 Å². The molecule has 0 heterocycles. The van der Waals surface area contributed by atoms with Crippen LogP contribution in [0.3, 0.4) is 0 Å². The van der Waals surface area contributed by atoms with Gasteiger partial charge in [-0.15, -0.1) is 0 Å². The van der Waals surface area contributed by atoms with Gasteiger partial charge >= 0.3 is 11.9 Å². The lowest BCUT2D eigenvalue weighted by atomic mass is 10.1. The number of esters is 2. The first-order valence-electron chi connectivity index (χ1n) is 11.2. The van der Waals surface area contributed by atoms with Crippen LogP contribution in [0.25, 0.3) is 21.5 Å². The van der Waals surface area contributed by atoms with E-state index in [0.717, 1.165) is 33.0 Å². The number of rotatable bonds is 9. The van der Waals surface area contributed by atoms with E-state index < -0.39 is 0 Å². The zero-order chi connectivity index (χ0) is 23.9. The van der Waals surface area contributed by atoms with Crippen molar-refractivity contribution in [3.8, 4) is 11.5 Å².